The van der Waals surface area contributed by atoms with E-state index in [-0.39, 0.29) is 23.8 Å². The number of aryl methyl sites for hydroxylation is 2. The molecule has 7 nitrogen and oxygen atoms in total. The van der Waals surface area contributed by atoms with E-state index in [9.17, 15) is 31.2 Å². The van der Waals surface area contributed by atoms with E-state index in [2.05, 4.69) is 5.32 Å². The first-order valence-electron chi connectivity index (χ1n) is 15.7. The highest BCUT2D eigenvalue weighted by molar-refractivity contribution is 7.92. The Labute approximate surface area is 290 Å². The zero-order valence-electron chi connectivity index (χ0n) is 27.7. The third-order valence-corrected chi connectivity index (χ3v) is 9.98. The first kappa shape index (κ1) is 37.5. The Bertz CT molecular complexity index is 1850. The molecule has 0 heterocycles. The largest absolute Gasteiger partial charge is 0.417 e. The number of carbonyl (C=O) groups is 2. The van der Waals surface area contributed by atoms with Crippen molar-refractivity contribution in [2.24, 2.45) is 5.92 Å². The van der Waals surface area contributed by atoms with Gasteiger partial charge < -0.3 is 10.2 Å². The highest BCUT2D eigenvalue weighted by Crippen LogP contribution is 2.38. The summed E-state index contributed by atoms with van der Waals surface area (Å²) < 4.78 is 70.9. The van der Waals surface area contributed by atoms with Gasteiger partial charge in [0.05, 0.1) is 21.2 Å². The number of nitrogens with zero attached hydrogens (tertiary/aromatic N) is 2. The Morgan fingerprint density at radius 3 is 2.00 bits per heavy atom. The molecule has 49 heavy (non-hydrogen) atoms. The van der Waals surface area contributed by atoms with Gasteiger partial charge in [0.1, 0.15) is 12.6 Å². The molecule has 1 unspecified atom stereocenters. The lowest BCUT2D eigenvalue weighted by molar-refractivity contribution is -0.140. The highest BCUT2D eigenvalue weighted by atomic mass is 35.5. The predicted octanol–water partition coefficient (Wildman–Crippen LogP) is 7.58. The summed E-state index contributed by atoms with van der Waals surface area (Å²) in [4.78, 5) is 29.5. The summed E-state index contributed by atoms with van der Waals surface area (Å²) in [6, 6.07) is 23.7. The highest BCUT2D eigenvalue weighted by Gasteiger charge is 2.37. The van der Waals surface area contributed by atoms with Gasteiger partial charge in [-0.2, -0.15) is 13.2 Å². The molecule has 260 valence electrons. The van der Waals surface area contributed by atoms with Crippen LogP contribution >= 0.6 is 11.6 Å². The van der Waals surface area contributed by atoms with Gasteiger partial charge in [-0.25, -0.2) is 8.42 Å². The second-order valence-corrected chi connectivity index (χ2v) is 14.6. The van der Waals surface area contributed by atoms with E-state index >= 15 is 0 Å². The summed E-state index contributed by atoms with van der Waals surface area (Å²) in [6.07, 6.45) is -4.80. The first-order valence-corrected chi connectivity index (χ1v) is 17.5. The SMILES string of the molecule is Cc1ccc(CN(C(=O)CN(c2ccc(Cl)c(C(F)(F)F)c2)S(=O)(=O)c2ccc(C)cc2)C(Cc2ccccc2)C(=O)NCC(C)C)cc1. The summed E-state index contributed by atoms with van der Waals surface area (Å²) in [6.45, 7) is 6.87. The molecule has 12 heteroatoms. The van der Waals surface area contributed by atoms with Crippen LogP contribution in [0.2, 0.25) is 5.02 Å². The number of hydrogen-bond donors (Lipinski definition) is 1. The number of anilines is 1. The number of carbonyl (C=O) groups excluding carboxylic acids is 2. The number of benzene rings is 4. The lowest BCUT2D eigenvalue weighted by Crippen LogP contribution is -2.53. The van der Waals surface area contributed by atoms with Gasteiger partial charge in [-0.05, 0) is 61.2 Å². The standard InChI is InChI=1S/C37H39ClF3N3O4S/c1-25(2)22-42-36(46)34(20-28-8-6-5-7-9-28)43(23-29-14-10-26(3)11-15-29)35(45)24-44(49(47,48)31-17-12-27(4)13-18-31)30-16-19-33(38)32(21-30)37(39,40)41/h5-19,21,25,34H,20,22-24H2,1-4H3,(H,42,46). The Hall–Kier alpha value is -4.35. The molecule has 1 N–H and O–H groups in total. The Kier molecular flexibility index (Phi) is 12.2. The fraction of sp³-hybridized carbons (Fsp3) is 0.297. The van der Waals surface area contributed by atoms with Gasteiger partial charge in [-0.1, -0.05) is 103 Å². The fourth-order valence-electron chi connectivity index (χ4n) is 5.12. The molecule has 0 aliphatic carbocycles. The van der Waals surface area contributed by atoms with Gasteiger partial charge in [0.15, 0.2) is 0 Å². The Morgan fingerprint density at radius 1 is 0.837 bits per heavy atom. The van der Waals surface area contributed by atoms with Gasteiger partial charge in [0.25, 0.3) is 10.0 Å². The van der Waals surface area contributed by atoms with Crippen molar-refractivity contribution in [3.05, 3.63) is 130 Å². The quantitative estimate of drug-likeness (QED) is 0.155. The molecule has 2 amide bonds. The number of rotatable bonds is 13. The van der Waals surface area contributed by atoms with Crippen molar-refractivity contribution >= 4 is 39.1 Å². The molecule has 0 saturated heterocycles. The maximum atomic E-state index is 14.5. The molecule has 0 aromatic heterocycles. The van der Waals surface area contributed by atoms with Crippen molar-refractivity contribution in [3.63, 3.8) is 0 Å². The van der Waals surface area contributed by atoms with Crippen molar-refractivity contribution in [2.45, 2.75) is 57.8 Å². The molecule has 0 aliphatic heterocycles. The van der Waals surface area contributed by atoms with Crippen LogP contribution in [0, 0.1) is 19.8 Å². The van der Waals surface area contributed by atoms with Crippen LogP contribution in [0.15, 0.2) is 102 Å². The third kappa shape index (κ3) is 9.86. The smallest absolute Gasteiger partial charge is 0.354 e. The van der Waals surface area contributed by atoms with Crippen LogP contribution in [-0.4, -0.2) is 44.3 Å². The van der Waals surface area contributed by atoms with Crippen LogP contribution in [0.25, 0.3) is 0 Å². The van der Waals surface area contributed by atoms with Crippen LogP contribution in [0.1, 0.15) is 41.7 Å². The minimum Gasteiger partial charge on any atom is -0.354 e. The van der Waals surface area contributed by atoms with E-state index in [4.69, 9.17) is 11.6 Å². The molecule has 4 aromatic carbocycles. The van der Waals surface area contributed by atoms with Gasteiger partial charge in [0.2, 0.25) is 11.8 Å². The summed E-state index contributed by atoms with van der Waals surface area (Å²) in [7, 11) is -4.60. The van der Waals surface area contributed by atoms with Crippen LogP contribution in [0.4, 0.5) is 18.9 Å². The number of sulfonamides is 1. The molecule has 0 radical (unpaired) electrons. The summed E-state index contributed by atoms with van der Waals surface area (Å²) in [5.74, 6) is -1.14. The molecule has 0 bridgehead atoms. The van der Waals surface area contributed by atoms with E-state index < -0.39 is 56.9 Å². The summed E-state index contributed by atoms with van der Waals surface area (Å²) in [5, 5.41) is 2.28. The van der Waals surface area contributed by atoms with Gasteiger partial charge in [-0.15, -0.1) is 0 Å². The van der Waals surface area contributed by atoms with Gasteiger partial charge in [-0.3, -0.25) is 13.9 Å². The van der Waals surface area contributed by atoms with Crippen molar-refractivity contribution in [3.8, 4) is 0 Å². The van der Waals surface area contributed by atoms with E-state index in [0.29, 0.717) is 22.5 Å². The lowest BCUT2D eigenvalue weighted by atomic mass is 10.0. The molecule has 0 fully saturated rings. The van der Waals surface area contributed by atoms with Crippen molar-refractivity contribution in [1.82, 2.24) is 10.2 Å². The van der Waals surface area contributed by atoms with Crippen molar-refractivity contribution in [2.75, 3.05) is 17.4 Å². The zero-order chi connectivity index (χ0) is 35.9. The molecule has 1 atom stereocenters. The number of alkyl halides is 3. The van der Waals surface area contributed by atoms with E-state index in [1.54, 1.807) is 43.3 Å². The second kappa shape index (κ2) is 15.9. The van der Waals surface area contributed by atoms with Crippen LogP contribution in [-0.2, 0) is 38.8 Å². The van der Waals surface area contributed by atoms with Gasteiger partial charge in [0, 0.05) is 19.5 Å². The van der Waals surface area contributed by atoms with Crippen LogP contribution < -0.4 is 9.62 Å². The monoisotopic (exact) mass is 713 g/mol. The number of hydrogen-bond acceptors (Lipinski definition) is 4. The molecule has 4 aromatic rings. The van der Waals surface area contributed by atoms with Gasteiger partial charge >= 0.3 is 6.18 Å². The predicted molar refractivity (Wildman–Crippen MR) is 186 cm³/mol. The molecule has 0 saturated carbocycles. The second-order valence-electron chi connectivity index (χ2n) is 12.3. The summed E-state index contributed by atoms with van der Waals surface area (Å²) in [5.41, 5.74) is 1.49. The average Bonchev–Trinajstić information content (AvgIpc) is 3.05. The van der Waals surface area contributed by atoms with Crippen LogP contribution in [0.3, 0.4) is 0 Å². The van der Waals surface area contributed by atoms with E-state index in [0.717, 1.165) is 28.8 Å². The van der Waals surface area contributed by atoms with Crippen molar-refractivity contribution in [1.29, 1.82) is 0 Å². The normalized spacial score (nSPS) is 12.4. The Balaban J connectivity index is 1.86. The Morgan fingerprint density at radius 2 is 1.43 bits per heavy atom. The maximum absolute atomic E-state index is 14.5. The number of halogens is 4. The molecule has 0 aliphatic rings. The van der Waals surface area contributed by atoms with E-state index in [1.807, 2.05) is 51.1 Å². The minimum absolute atomic E-state index is 0.0709. The molecule has 4 rings (SSSR count). The minimum atomic E-state index is -4.90. The first-order chi connectivity index (χ1) is 23.1. The molecular weight excluding hydrogens is 675 g/mol. The maximum Gasteiger partial charge on any atom is 0.417 e. The topological polar surface area (TPSA) is 86.8 Å². The van der Waals surface area contributed by atoms with E-state index in [1.165, 1.54) is 17.0 Å². The third-order valence-electron chi connectivity index (χ3n) is 7.86. The summed E-state index contributed by atoms with van der Waals surface area (Å²) >= 11 is 5.89. The molecular formula is C37H39ClF3N3O4S. The zero-order valence-corrected chi connectivity index (χ0v) is 29.2. The number of nitrogens with one attached hydrogen (secondary N) is 1. The molecule has 0 spiro atoms. The fourth-order valence-corrected chi connectivity index (χ4v) is 6.75. The lowest BCUT2D eigenvalue weighted by Gasteiger charge is -2.34. The number of amides is 2. The van der Waals surface area contributed by atoms with Crippen LogP contribution in [0.5, 0.6) is 0 Å². The van der Waals surface area contributed by atoms with Crippen molar-refractivity contribution < 1.29 is 31.2 Å². The average molecular weight is 714 g/mol.